The molecule has 1 aromatic heterocycles. The molecule has 2 unspecified atom stereocenters. The molecule has 0 bridgehead atoms. The highest BCUT2D eigenvalue weighted by atomic mass is 127. The van der Waals surface area contributed by atoms with Gasteiger partial charge in [-0.15, -0.1) is 0 Å². The maximum absolute atomic E-state index is 14.0. The lowest BCUT2D eigenvalue weighted by atomic mass is 10.0. The van der Waals surface area contributed by atoms with Crippen molar-refractivity contribution in [1.82, 2.24) is 4.90 Å². The van der Waals surface area contributed by atoms with E-state index in [0.29, 0.717) is 27.6 Å². The molecule has 3 aromatic carbocycles. The highest BCUT2D eigenvalue weighted by Crippen LogP contribution is 2.40. The summed E-state index contributed by atoms with van der Waals surface area (Å²) in [4.78, 5) is 41.3. The second kappa shape index (κ2) is 9.79. The number of carboxylic acid groups (broad SMARTS) is 1. The summed E-state index contributed by atoms with van der Waals surface area (Å²) < 4.78 is 6.81. The Balaban J connectivity index is 1.70. The van der Waals surface area contributed by atoms with Crippen molar-refractivity contribution in [2.24, 2.45) is 0 Å². The first-order valence-electron chi connectivity index (χ1n) is 10.9. The fraction of sp³-hybridized carbons (Fsp3) is 0.0741. The van der Waals surface area contributed by atoms with Crippen LogP contribution in [0.1, 0.15) is 33.8 Å². The molecule has 180 valence electrons. The third-order valence-electron chi connectivity index (χ3n) is 5.89. The Bertz CT molecular complexity index is 1490. The van der Waals surface area contributed by atoms with Crippen LogP contribution in [0.4, 0.5) is 5.69 Å². The number of rotatable bonds is 5. The third kappa shape index (κ3) is 4.38. The van der Waals surface area contributed by atoms with E-state index in [1.807, 2.05) is 0 Å². The first kappa shape index (κ1) is 24.1. The van der Waals surface area contributed by atoms with Crippen molar-refractivity contribution >= 4 is 57.7 Å². The van der Waals surface area contributed by atoms with Gasteiger partial charge in [0, 0.05) is 9.13 Å². The van der Waals surface area contributed by atoms with Crippen LogP contribution in [-0.4, -0.2) is 27.8 Å². The summed E-state index contributed by atoms with van der Waals surface area (Å²) in [7, 11) is 0. The van der Waals surface area contributed by atoms with Crippen molar-refractivity contribution in [3.63, 3.8) is 0 Å². The average molecular weight is 613 g/mol. The summed E-state index contributed by atoms with van der Waals surface area (Å²) in [6.07, 6.45) is 0. The van der Waals surface area contributed by atoms with Crippen LogP contribution in [0, 0.1) is 3.57 Å². The van der Waals surface area contributed by atoms with Gasteiger partial charge >= 0.3 is 5.97 Å². The Morgan fingerprint density at radius 3 is 2.42 bits per heavy atom. The minimum Gasteiger partial charge on any atom is -0.479 e. The molecule has 4 aromatic rings. The van der Waals surface area contributed by atoms with E-state index in [9.17, 15) is 19.5 Å². The van der Waals surface area contributed by atoms with Gasteiger partial charge in [0.05, 0.1) is 16.3 Å². The molecule has 5 rings (SSSR count). The largest absolute Gasteiger partial charge is 0.479 e. The first-order chi connectivity index (χ1) is 17.3. The normalized spacial score (nSPS) is 16.2. The highest BCUT2D eigenvalue weighted by Gasteiger charge is 2.45. The number of nitrogens with zero attached hydrogens (tertiary/aromatic N) is 1. The quantitative estimate of drug-likeness (QED) is 0.263. The second-order valence-corrected chi connectivity index (χ2v) is 9.78. The van der Waals surface area contributed by atoms with Gasteiger partial charge in [-0.25, -0.2) is 4.79 Å². The Morgan fingerprint density at radius 1 is 0.972 bits per heavy atom. The number of carboxylic acids is 1. The number of amides is 2. The summed E-state index contributed by atoms with van der Waals surface area (Å²) in [6, 6.07) is 20.8. The number of carbonyl (C=O) groups excluding carboxylic acids is 2. The van der Waals surface area contributed by atoms with Crippen LogP contribution in [0.3, 0.4) is 0 Å². The van der Waals surface area contributed by atoms with Crippen LogP contribution < -0.4 is 5.32 Å². The fourth-order valence-electron chi connectivity index (χ4n) is 4.28. The fourth-order valence-corrected chi connectivity index (χ4v) is 5.00. The molecule has 0 aliphatic carbocycles. The molecule has 2 heterocycles. The van der Waals surface area contributed by atoms with Gasteiger partial charge in [0.1, 0.15) is 11.5 Å². The molecule has 9 heteroatoms. The van der Waals surface area contributed by atoms with Crippen LogP contribution in [0.15, 0.2) is 89.3 Å². The van der Waals surface area contributed by atoms with Gasteiger partial charge in [0.25, 0.3) is 11.8 Å². The number of nitrogens with one attached hydrogen (secondary N) is 1. The van der Waals surface area contributed by atoms with Crippen LogP contribution in [0.5, 0.6) is 0 Å². The molecule has 0 spiro atoms. The predicted molar refractivity (Wildman–Crippen MR) is 143 cm³/mol. The van der Waals surface area contributed by atoms with Gasteiger partial charge in [-0.2, -0.15) is 0 Å². The van der Waals surface area contributed by atoms with E-state index >= 15 is 0 Å². The van der Waals surface area contributed by atoms with Gasteiger partial charge in [0.15, 0.2) is 12.1 Å². The van der Waals surface area contributed by atoms with E-state index in [1.165, 1.54) is 0 Å². The van der Waals surface area contributed by atoms with Gasteiger partial charge in [-0.05, 0) is 70.6 Å². The van der Waals surface area contributed by atoms with Crippen molar-refractivity contribution < 1.29 is 23.9 Å². The molecule has 0 radical (unpaired) electrons. The van der Waals surface area contributed by atoms with Crippen molar-refractivity contribution in [3.8, 4) is 11.3 Å². The zero-order valence-corrected chi connectivity index (χ0v) is 21.4. The van der Waals surface area contributed by atoms with Gasteiger partial charge in [-0.3, -0.25) is 9.59 Å². The van der Waals surface area contributed by atoms with Crippen molar-refractivity contribution in [2.45, 2.75) is 12.1 Å². The SMILES string of the molecule is O=C(O)C(c1ccccc1)N1C(=O)c2cc(I)ccc2NC(=O)C1c1ccc(-c2ccccc2Cl)o1. The number of hydrogen-bond donors (Lipinski definition) is 2. The lowest BCUT2D eigenvalue weighted by Crippen LogP contribution is -2.44. The molecule has 36 heavy (non-hydrogen) atoms. The highest BCUT2D eigenvalue weighted by molar-refractivity contribution is 14.1. The lowest BCUT2D eigenvalue weighted by Gasteiger charge is -2.32. The van der Waals surface area contributed by atoms with Crippen molar-refractivity contribution in [1.29, 1.82) is 0 Å². The Hall–Kier alpha value is -3.63. The smallest absolute Gasteiger partial charge is 0.331 e. The summed E-state index contributed by atoms with van der Waals surface area (Å²) >= 11 is 8.39. The average Bonchev–Trinajstić information content (AvgIpc) is 3.31. The summed E-state index contributed by atoms with van der Waals surface area (Å²) in [5.74, 6) is -1.98. The van der Waals surface area contributed by atoms with E-state index < -0.39 is 29.9 Å². The Labute approximate surface area is 224 Å². The van der Waals surface area contributed by atoms with E-state index in [1.54, 1.807) is 84.9 Å². The minimum absolute atomic E-state index is 0.112. The monoisotopic (exact) mass is 612 g/mol. The number of halogens is 2. The van der Waals surface area contributed by atoms with Gasteiger partial charge in [0.2, 0.25) is 0 Å². The molecule has 2 amide bonds. The molecular formula is C27H18ClIN2O5. The molecule has 1 aliphatic rings. The summed E-state index contributed by atoms with van der Waals surface area (Å²) in [5, 5.41) is 13.5. The van der Waals surface area contributed by atoms with Crippen LogP contribution in [-0.2, 0) is 9.59 Å². The Morgan fingerprint density at radius 2 is 1.69 bits per heavy atom. The predicted octanol–water partition coefficient (Wildman–Crippen LogP) is 6.17. The molecule has 0 fully saturated rings. The maximum atomic E-state index is 14.0. The van der Waals surface area contributed by atoms with Crippen LogP contribution in [0.25, 0.3) is 11.3 Å². The number of aliphatic carboxylic acids is 1. The summed E-state index contributed by atoms with van der Waals surface area (Å²) in [6.45, 7) is 0. The van der Waals surface area contributed by atoms with Crippen molar-refractivity contribution in [3.05, 3.63) is 110 Å². The van der Waals surface area contributed by atoms with Crippen molar-refractivity contribution in [2.75, 3.05) is 5.32 Å². The number of anilines is 1. The molecule has 7 nitrogen and oxygen atoms in total. The van der Waals surface area contributed by atoms with Gasteiger partial charge < -0.3 is 19.7 Å². The van der Waals surface area contributed by atoms with Crippen LogP contribution in [0.2, 0.25) is 5.02 Å². The summed E-state index contributed by atoms with van der Waals surface area (Å²) in [5.41, 5.74) is 1.45. The third-order valence-corrected chi connectivity index (χ3v) is 6.89. The lowest BCUT2D eigenvalue weighted by molar-refractivity contribution is -0.144. The molecular weight excluding hydrogens is 595 g/mol. The minimum atomic E-state index is -1.45. The molecule has 2 atom stereocenters. The van der Waals surface area contributed by atoms with E-state index in [2.05, 4.69) is 27.9 Å². The van der Waals surface area contributed by atoms with Crippen LogP contribution >= 0.6 is 34.2 Å². The molecule has 2 N–H and O–H groups in total. The topological polar surface area (TPSA) is 99.9 Å². The first-order valence-corrected chi connectivity index (χ1v) is 12.4. The molecule has 0 saturated carbocycles. The standard InChI is InChI=1S/C27H18ClIN2O5/c28-19-9-5-4-8-17(19)21-12-13-22(36-21)24-25(32)30-20-11-10-16(29)14-18(20)26(33)31(24)23(27(34)35)15-6-2-1-3-7-15/h1-14,23-24H,(H,30,32)(H,34,35). The maximum Gasteiger partial charge on any atom is 0.331 e. The number of hydrogen-bond acceptors (Lipinski definition) is 4. The number of carbonyl (C=O) groups is 3. The zero-order chi connectivity index (χ0) is 25.4. The van der Waals surface area contributed by atoms with E-state index in [0.717, 1.165) is 8.47 Å². The molecule has 0 saturated heterocycles. The number of fused-ring (bicyclic) bond motifs is 1. The number of furan rings is 1. The molecule has 1 aliphatic heterocycles. The Kier molecular flexibility index (Phi) is 6.55. The van der Waals surface area contributed by atoms with Gasteiger partial charge in [-0.1, -0.05) is 54.1 Å². The van der Waals surface area contributed by atoms with E-state index in [-0.39, 0.29) is 11.3 Å². The number of benzene rings is 3. The van der Waals surface area contributed by atoms with E-state index in [4.69, 9.17) is 16.0 Å². The second-order valence-electron chi connectivity index (χ2n) is 8.13. The zero-order valence-electron chi connectivity index (χ0n) is 18.5.